The second-order valence-corrected chi connectivity index (χ2v) is 8.75. The van der Waals surface area contributed by atoms with E-state index < -0.39 is 29.1 Å². The van der Waals surface area contributed by atoms with Crippen LogP contribution in [0.1, 0.15) is 47.2 Å². The summed E-state index contributed by atoms with van der Waals surface area (Å²) in [5.41, 5.74) is 3.45. The third-order valence-electron chi connectivity index (χ3n) is 3.67. The van der Waals surface area contributed by atoms with Crippen molar-refractivity contribution in [1.82, 2.24) is 15.6 Å². The molecule has 0 bridgehead atoms. The minimum absolute atomic E-state index is 0.173. The summed E-state index contributed by atoms with van der Waals surface area (Å²) in [4.78, 5) is 46.0. The molecule has 4 N–H and O–H groups in total. The van der Waals surface area contributed by atoms with Crippen LogP contribution < -0.4 is 16.4 Å². The summed E-state index contributed by atoms with van der Waals surface area (Å²) in [6.07, 6.45) is 0. The molecule has 2 amide bonds. The second kappa shape index (κ2) is 7.74. The van der Waals surface area contributed by atoms with Gasteiger partial charge in [-0.1, -0.05) is 5.16 Å². The van der Waals surface area contributed by atoms with Crippen molar-refractivity contribution in [3.05, 3.63) is 11.1 Å². The maximum absolute atomic E-state index is 12.7. The van der Waals surface area contributed by atoms with Gasteiger partial charge in [0, 0.05) is 5.38 Å². The van der Waals surface area contributed by atoms with Crippen molar-refractivity contribution in [3.8, 4) is 0 Å². The van der Waals surface area contributed by atoms with Gasteiger partial charge < -0.3 is 25.9 Å². The Morgan fingerprint density at radius 3 is 2.43 bits per heavy atom. The molecule has 1 aliphatic rings. The zero-order chi connectivity index (χ0) is 21.3. The van der Waals surface area contributed by atoms with Gasteiger partial charge in [0.25, 0.3) is 5.91 Å². The highest BCUT2D eigenvalue weighted by molar-refractivity contribution is 7.13. The summed E-state index contributed by atoms with van der Waals surface area (Å²) in [5.74, 6) is -1.61. The Bertz CT molecular complexity index is 811. The van der Waals surface area contributed by atoms with Crippen LogP contribution in [0.3, 0.4) is 0 Å². The van der Waals surface area contributed by atoms with Crippen LogP contribution in [-0.4, -0.2) is 51.8 Å². The number of ether oxygens (including phenoxy) is 1. The van der Waals surface area contributed by atoms with Gasteiger partial charge in [0.1, 0.15) is 17.3 Å². The zero-order valence-electron chi connectivity index (χ0n) is 16.7. The predicted octanol–water partition coefficient (Wildman–Crippen LogP) is 0.569. The summed E-state index contributed by atoms with van der Waals surface area (Å²) < 4.78 is 5.30. The van der Waals surface area contributed by atoms with E-state index in [2.05, 4.69) is 20.8 Å². The Labute approximate surface area is 166 Å². The molecule has 2 atom stereocenters. The standard InChI is InChI=1S/C17H25N5O5S/c1-8-10(12(23)19-8)21-13(24)11(9-7-28-15(18)20-9)22-27-17(5,6)14(25)26-16(2,3)4/h7-8,10H,1-6H3,(H2,18,20)(H,19,23)(H,21,24)/b22-11+. The quantitative estimate of drug-likeness (QED) is 0.268. The minimum Gasteiger partial charge on any atom is -0.457 e. The van der Waals surface area contributed by atoms with Crippen LogP contribution >= 0.6 is 11.3 Å². The van der Waals surface area contributed by atoms with Gasteiger partial charge in [-0.15, -0.1) is 11.3 Å². The molecule has 0 saturated carbocycles. The molecular formula is C17H25N5O5S. The zero-order valence-corrected chi connectivity index (χ0v) is 17.5. The molecule has 2 unspecified atom stereocenters. The molecule has 11 heteroatoms. The lowest BCUT2D eigenvalue weighted by Gasteiger charge is -2.34. The van der Waals surface area contributed by atoms with E-state index >= 15 is 0 Å². The summed E-state index contributed by atoms with van der Waals surface area (Å²) in [5, 5.41) is 10.8. The van der Waals surface area contributed by atoms with Crippen LogP contribution in [0.2, 0.25) is 0 Å². The number of carbonyl (C=O) groups excluding carboxylic acids is 3. The first-order chi connectivity index (χ1) is 12.8. The van der Waals surface area contributed by atoms with E-state index in [1.54, 1.807) is 27.7 Å². The van der Waals surface area contributed by atoms with Crippen molar-refractivity contribution in [2.24, 2.45) is 5.16 Å². The second-order valence-electron chi connectivity index (χ2n) is 7.86. The highest BCUT2D eigenvalue weighted by Gasteiger charge is 2.39. The van der Waals surface area contributed by atoms with Gasteiger partial charge in [0.2, 0.25) is 11.5 Å². The molecule has 1 aromatic heterocycles. The lowest BCUT2D eigenvalue weighted by molar-refractivity contribution is -0.179. The van der Waals surface area contributed by atoms with Crippen molar-refractivity contribution in [2.45, 2.75) is 64.8 Å². The van der Waals surface area contributed by atoms with Crippen LogP contribution in [-0.2, 0) is 24.0 Å². The first-order valence-corrected chi connectivity index (χ1v) is 9.50. The first kappa shape index (κ1) is 21.6. The number of amides is 2. The Hall–Kier alpha value is -2.69. The van der Waals surface area contributed by atoms with Crippen molar-refractivity contribution < 1.29 is 24.0 Å². The number of hydrogen-bond acceptors (Lipinski definition) is 9. The van der Waals surface area contributed by atoms with Gasteiger partial charge in [0.15, 0.2) is 10.8 Å². The molecule has 1 saturated heterocycles. The number of hydrogen-bond donors (Lipinski definition) is 3. The van der Waals surface area contributed by atoms with Crippen molar-refractivity contribution in [3.63, 3.8) is 0 Å². The van der Waals surface area contributed by atoms with E-state index in [1.165, 1.54) is 19.2 Å². The molecule has 154 valence electrons. The smallest absolute Gasteiger partial charge is 0.353 e. The lowest BCUT2D eigenvalue weighted by atomic mass is 10.0. The molecule has 1 fully saturated rings. The van der Waals surface area contributed by atoms with E-state index in [9.17, 15) is 14.4 Å². The Balaban J connectivity index is 2.22. The van der Waals surface area contributed by atoms with Crippen LogP contribution in [0.15, 0.2) is 10.5 Å². The molecule has 0 radical (unpaired) electrons. The summed E-state index contributed by atoms with van der Waals surface area (Å²) in [6.45, 7) is 9.88. The van der Waals surface area contributed by atoms with Gasteiger partial charge >= 0.3 is 5.97 Å². The average molecular weight is 411 g/mol. The summed E-state index contributed by atoms with van der Waals surface area (Å²) >= 11 is 1.12. The number of esters is 1. The van der Waals surface area contributed by atoms with E-state index in [0.717, 1.165) is 11.3 Å². The van der Waals surface area contributed by atoms with E-state index in [-0.39, 0.29) is 28.5 Å². The number of aromatic nitrogens is 1. The minimum atomic E-state index is -1.46. The number of nitrogen functional groups attached to an aromatic ring is 1. The monoisotopic (exact) mass is 411 g/mol. The molecule has 2 heterocycles. The number of nitrogens with zero attached hydrogens (tertiary/aromatic N) is 2. The Kier molecular flexibility index (Phi) is 5.97. The fraction of sp³-hybridized carbons (Fsp3) is 0.588. The number of nitrogens with one attached hydrogen (secondary N) is 2. The third-order valence-corrected chi connectivity index (χ3v) is 4.35. The van der Waals surface area contributed by atoms with E-state index in [4.69, 9.17) is 15.3 Å². The Morgan fingerprint density at radius 1 is 1.32 bits per heavy atom. The summed E-state index contributed by atoms with van der Waals surface area (Å²) in [6, 6.07) is -0.898. The van der Waals surface area contributed by atoms with Crippen molar-refractivity contribution >= 4 is 40.0 Å². The number of thiazole rings is 1. The van der Waals surface area contributed by atoms with Crippen LogP contribution in [0.5, 0.6) is 0 Å². The van der Waals surface area contributed by atoms with Crippen molar-refractivity contribution in [2.75, 3.05) is 5.73 Å². The normalized spacial score (nSPS) is 20.1. The van der Waals surface area contributed by atoms with E-state index in [0.29, 0.717) is 0 Å². The maximum Gasteiger partial charge on any atom is 0.353 e. The largest absolute Gasteiger partial charge is 0.457 e. The van der Waals surface area contributed by atoms with Gasteiger partial charge in [-0.05, 0) is 41.5 Å². The van der Waals surface area contributed by atoms with E-state index in [1.807, 2.05) is 0 Å². The molecule has 10 nitrogen and oxygen atoms in total. The van der Waals surface area contributed by atoms with Gasteiger partial charge in [-0.2, -0.15) is 0 Å². The molecule has 1 aliphatic heterocycles. The van der Waals surface area contributed by atoms with Gasteiger partial charge in [-0.25, -0.2) is 9.78 Å². The van der Waals surface area contributed by atoms with Crippen LogP contribution in [0.25, 0.3) is 0 Å². The summed E-state index contributed by atoms with van der Waals surface area (Å²) in [7, 11) is 0. The molecular weight excluding hydrogens is 386 g/mol. The lowest BCUT2D eigenvalue weighted by Crippen LogP contribution is -2.68. The topological polar surface area (TPSA) is 145 Å². The van der Waals surface area contributed by atoms with Gasteiger partial charge in [0.05, 0.1) is 6.04 Å². The molecule has 28 heavy (non-hydrogen) atoms. The molecule has 1 aromatic rings. The molecule has 2 rings (SSSR count). The fourth-order valence-corrected chi connectivity index (χ4v) is 2.68. The van der Waals surface area contributed by atoms with Gasteiger partial charge in [-0.3, -0.25) is 9.59 Å². The average Bonchev–Trinajstić information content (AvgIpc) is 2.97. The third kappa shape index (κ3) is 5.18. The predicted molar refractivity (Wildman–Crippen MR) is 104 cm³/mol. The number of anilines is 1. The SMILES string of the molecule is CC1NC(=O)C1NC(=O)/C(=N/OC(C)(C)C(=O)OC(C)(C)C)c1csc(N)n1. The number of carbonyl (C=O) groups is 3. The molecule has 0 aliphatic carbocycles. The van der Waals surface area contributed by atoms with Crippen molar-refractivity contribution in [1.29, 1.82) is 0 Å². The number of rotatable bonds is 6. The molecule has 0 spiro atoms. The van der Waals surface area contributed by atoms with Crippen LogP contribution in [0, 0.1) is 0 Å². The molecule has 0 aromatic carbocycles. The van der Waals surface area contributed by atoms with Crippen LogP contribution in [0.4, 0.5) is 5.13 Å². The number of β-lactam (4-membered cyclic amide) rings is 1. The maximum atomic E-state index is 12.7. The number of nitrogens with two attached hydrogens (primary N) is 1. The highest BCUT2D eigenvalue weighted by atomic mass is 32.1. The first-order valence-electron chi connectivity index (χ1n) is 8.62. The fourth-order valence-electron chi connectivity index (χ4n) is 2.13. The Morgan fingerprint density at radius 2 is 1.96 bits per heavy atom. The highest BCUT2D eigenvalue weighted by Crippen LogP contribution is 2.19. The number of oxime groups is 1.